The molecular formula is C13H18N6. The average molecular weight is 258 g/mol. The van der Waals surface area contributed by atoms with E-state index in [1.807, 2.05) is 18.6 Å². The Bertz CT molecular complexity index is 572. The number of aryl methyl sites for hydroxylation is 1. The Balaban J connectivity index is 2.02. The lowest BCUT2D eigenvalue weighted by Crippen LogP contribution is -2.11. The summed E-state index contributed by atoms with van der Waals surface area (Å²) >= 11 is 0. The van der Waals surface area contributed by atoms with Crippen LogP contribution in [0.25, 0.3) is 11.5 Å². The second-order valence-electron chi connectivity index (χ2n) is 4.89. The SMILES string of the molecule is CCCn1cncc1-c1nc(NN)cc(C2CC2)n1. The van der Waals surface area contributed by atoms with Gasteiger partial charge in [-0.25, -0.2) is 20.8 Å². The van der Waals surface area contributed by atoms with E-state index >= 15 is 0 Å². The number of imidazole rings is 1. The van der Waals surface area contributed by atoms with Crippen molar-refractivity contribution in [2.24, 2.45) is 5.84 Å². The fraction of sp³-hybridized carbons (Fsp3) is 0.462. The molecule has 1 fully saturated rings. The van der Waals surface area contributed by atoms with Gasteiger partial charge in [-0.05, 0) is 19.3 Å². The van der Waals surface area contributed by atoms with E-state index < -0.39 is 0 Å². The number of hydrogen-bond acceptors (Lipinski definition) is 5. The van der Waals surface area contributed by atoms with Crippen LogP contribution in [-0.4, -0.2) is 19.5 Å². The molecule has 0 saturated heterocycles. The van der Waals surface area contributed by atoms with Crippen molar-refractivity contribution in [2.45, 2.75) is 38.6 Å². The molecule has 0 aliphatic heterocycles. The molecule has 0 atom stereocenters. The van der Waals surface area contributed by atoms with Gasteiger partial charge in [-0.3, -0.25) is 0 Å². The standard InChI is InChI=1S/C13H18N6/c1-2-5-19-8-15-7-11(19)13-16-10(9-3-4-9)6-12(17-13)18-14/h6-9H,2-5,14H2,1H3,(H,16,17,18). The highest BCUT2D eigenvalue weighted by atomic mass is 15.3. The van der Waals surface area contributed by atoms with Gasteiger partial charge in [-0.1, -0.05) is 6.92 Å². The van der Waals surface area contributed by atoms with Crippen molar-refractivity contribution < 1.29 is 0 Å². The number of anilines is 1. The highest BCUT2D eigenvalue weighted by Crippen LogP contribution is 2.40. The number of nitrogens with zero attached hydrogens (tertiary/aromatic N) is 4. The number of nitrogens with two attached hydrogens (primary N) is 1. The van der Waals surface area contributed by atoms with Gasteiger partial charge in [0.1, 0.15) is 11.5 Å². The predicted molar refractivity (Wildman–Crippen MR) is 73.3 cm³/mol. The summed E-state index contributed by atoms with van der Waals surface area (Å²) in [5.41, 5.74) is 4.64. The van der Waals surface area contributed by atoms with E-state index in [-0.39, 0.29) is 0 Å². The van der Waals surface area contributed by atoms with Gasteiger partial charge in [-0.15, -0.1) is 0 Å². The van der Waals surface area contributed by atoms with Crippen LogP contribution >= 0.6 is 0 Å². The summed E-state index contributed by atoms with van der Waals surface area (Å²) in [4.78, 5) is 13.3. The Labute approximate surface area is 112 Å². The zero-order chi connectivity index (χ0) is 13.2. The summed E-state index contributed by atoms with van der Waals surface area (Å²) in [6.07, 6.45) is 7.08. The molecule has 1 aliphatic rings. The van der Waals surface area contributed by atoms with Crippen molar-refractivity contribution >= 4 is 5.82 Å². The quantitative estimate of drug-likeness (QED) is 0.632. The summed E-state index contributed by atoms with van der Waals surface area (Å²) in [5, 5.41) is 0. The van der Waals surface area contributed by atoms with Crippen molar-refractivity contribution in [3.8, 4) is 11.5 Å². The van der Waals surface area contributed by atoms with E-state index in [0.29, 0.717) is 17.6 Å². The molecule has 6 heteroatoms. The molecule has 2 heterocycles. The van der Waals surface area contributed by atoms with Gasteiger partial charge < -0.3 is 9.99 Å². The zero-order valence-electron chi connectivity index (χ0n) is 11.0. The van der Waals surface area contributed by atoms with Crippen molar-refractivity contribution in [2.75, 3.05) is 5.43 Å². The molecular weight excluding hydrogens is 240 g/mol. The molecule has 3 rings (SSSR count). The lowest BCUT2D eigenvalue weighted by molar-refractivity contribution is 0.681. The molecule has 3 N–H and O–H groups in total. The Morgan fingerprint density at radius 2 is 2.26 bits per heavy atom. The van der Waals surface area contributed by atoms with E-state index in [0.717, 1.165) is 24.4 Å². The monoisotopic (exact) mass is 258 g/mol. The van der Waals surface area contributed by atoms with Crippen molar-refractivity contribution in [3.05, 3.63) is 24.3 Å². The number of nitrogens with one attached hydrogen (secondary N) is 1. The molecule has 0 amide bonds. The average Bonchev–Trinajstić information content (AvgIpc) is 3.19. The van der Waals surface area contributed by atoms with Crippen LogP contribution in [-0.2, 0) is 6.54 Å². The van der Waals surface area contributed by atoms with Gasteiger partial charge in [-0.2, -0.15) is 0 Å². The van der Waals surface area contributed by atoms with Crippen LogP contribution in [0.1, 0.15) is 37.8 Å². The fourth-order valence-corrected chi connectivity index (χ4v) is 2.17. The zero-order valence-corrected chi connectivity index (χ0v) is 11.0. The number of rotatable bonds is 5. The molecule has 2 aromatic heterocycles. The van der Waals surface area contributed by atoms with Gasteiger partial charge >= 0.3 is 0 Å². The largest absolute Gasteiger partial charge is 0.328 e. The minimum Gasteiger partial charge on any atom is -0.328 e. The maximum atomic E-state index is 5.50. The van der Waals surface area contributed by atoms with Gasteiger partial charge in [0.25, 0.3) is 0 Å². The van der Waals surface area contributed by atoms with Crippen LogP contribution in [0.3, 0.4) is 0 Å². The number of hydrazine groups is 1. The molecule has 19 heavy (non-hydrogen) atoms. The van der Waals surface area contributed by atoms with Crippen molar-refractivity contribution in [3.63, 3.8) is 0 Å². The van der Waals surface area contributed by atoms with Gasteiger partial charge in [0.05, 0.1) is 12.5 Å². The third kappa shape index (κ3) is 2.44. The van der Waals surface area contributed by atoms with Crippen molar-refractivity contribution in [1.82, 2.24) is 19.5 Å². The molecule has 0 unspecified atom stereocenters. The second-order valence-corrected chi connectivity index (χ2v) is 4.89. The van der Waals surface area contributed by atoms with E-state index in [4.69, 9.17) is 5.84 Å². The van der Waals surface area contributed by atoms with E-state index in [9.17, 15) is 0 Å². The Kier molecular flexibility index (Phi) is 3.16. The first-order valence-electron chi connectivity index (χ1n) is 6.68. The fourth-order valence-electron chi connectivity index (χ4n) is 2.17. The maximum Gasteiger partial charge on any atom is 0.180 e. The Morgan fingerprint density at radius 3 is 2.95 bits per heavy atom. The van der Waals surface area contributed by atoms with Crippen LogP contribution in [0, 0.1) is 0 Å². The highest BCUT2D eigenvalue weighted by Gasteiger charge is 2.26. The summed E-state index contributed by atoms with van der Waals surface area (Å²) in [6, 6.07) is 1.93. The summed E-state index contributed by atoms with van der Waals surface area (Å²) in [5.74, 6) is 7.42. The minimum atomic E-state index is 0.566. The van der Waals surface area contributed by atoms with Gasteiger partial charge in [0.2, 0.25) is 0 Å². The molecule has 0 bridgehead atoms. The third-order valence-corrected chi connectivity index (χ3v) is 3.30. The minimum absolute atomic E-state index is 0.566. The maximum absolute atomic E-state index is 5.50. The topological polar surface area (TPSA) is 81.7 Å². The molecule has 2 aromatic rings. The summed E-state index contributed by atoms with van der Waals surface area (Å²) < 4.78 is 2.08. The molecule has 1 aliphatic carbocycles. The molecule has 1 saturated carbocycles. The first kappa shape index (κ1) is 12.1. The molecule has 6 nitrogen and oxygen atoms in total. The highest BCUT2D eigenvalue weighted by molar-refractivity contribution is 5.53. The Hall–Kier alpha value is -1.95. The van der Waals surface area contributed by atoms with Gasteiger partial charge in [0, 0.05) is 24.2 Å². The van der Waals surface area contributed by atoms with Crippen LogP contribution in [0.2, 0.25) is 0 Å². The number of hydrogen-bond donors (Lipinski definition) is 2. The molecule has 100 valence electrons. The Morgan fingerprint density at radius 1 is 1.42 bits per heavy atom. The lowest BCUT2D eigenvalue weighted by Gasteiger charge is -2.09. The van der Waals surface area contributed by atoms with Crippen LogP contribution < -0.4 is 11.3 Å². The summed E-state index contributed by atoms with van der Waals surface area (Å²) in [7, 11) is 0. The normalized spacial score (nSPS) is 14.6. The third-order valence-electron chi connectivity index (χ3n) is 3.30. The number of aromatic nitrogens is 4. The first-order valence-corrected chi connectivity index (χ1v) is 6.68. The number of nitrogen functional groups attached to an aromatic ring is 1. The molecule has 0 radical (unpaired) electrons. The van der Waals surface area contributed by atoms with Crippen molar-refractivity contribution in [1.29, 1.82) is 0 Å². The van der Waals surface area contributed by atoms with Crippen LogP contribution in [0.4, 0.5) is 5.82 Å². The van der Waals surface area contributed by atoms with E-state index in [2.05, 4.69) is 31.9 Å². The van der Waals surface area contributed by atoms with E-state index in [1.54, 1.807) is 0 Å². The molecule has 0 spiro atoms. The predicted octanol–water partition coefficient (Wildman–Crippen LogP) is 1.91. The van der Waals surface area contributed by atoms with Crippen LogP contribution in [0.15, 0.2) is 18.6 Å². The first-order chi connectivity index (χ1) is 9.31. The smallest absolute Gasteiger partial charge is 0.180 e. The van der Waals surface area contributed by atoms with Crippen LogP contribution in [0.5, 0.6) is 0 Å². The lowest BCUT2D eigenvalue weighted by atomic mass is 10.2. The second kappa shape index (κ2) is 4.97. The van der Waals surface area contributed by atoms with E-state index in [1.165, 1.54) is 12.8 Å². The molecule has 0 aromatic carbocycles. The van der Waals surface area contributed by atoms with Gasteiger partial charge in [0.15, 0.2) is 5.82 Å². The summed E-state index contributed by atoms with van der Waals surface area (Å²) in [6.45, 7) is 3.05.